The van der Waals surface area contributed by atoms with Crippen LogP contribution in [-0.2, 0) is 6.54 Å². The normalized spacial score (nSPS) is 13.0. The fourth-order valence-corrected chi connectivity index (χ4v) is 2.66. The van der Waals surface area contributed by atoms with Gasteiger partial charge in [-0.15, -0.1) is 0 Å². The van der Waals surface area contributed by atoms with Crippen LogP contribution >= 0.6 is 12.2 Å². The number of imidazole rings is 1. The highest BCUT2D eigenvalue weighted by Crippen LogP contribution is 2.32. The highest BCUT2D eigenvalue weighted by atomic mass is 32.1. The molecular weight excluding hydrogens is 274 g/mol. The molecule has 0 radical (unpaired) electrons. The lowest BCUT2D eigenvalue weighted by molar-refractivity contribution is 0.174. The standard InChI is InChI=1S/C14H11N3O2S/c20-14-16-10-6-15-4-3-11(10)17(14)7-9-1-2-12-13(5-9)19-8-18-12/h1-6H,7-8H2,(H,16,20). The Morgan fingerprint density at radius 2 is 2.15 bits per heavy atom. The third kappa shape index (κ3) is 1.77. The molecule has 3 heterocycles. The minimum absolute atomic E-state index is 0.289. The van der Waals surface area contributed by atoms with Gasteiger partial charge in [0.25, 0.3) is 0 Å². The average Bonchev–Trinajstić information content (AvgIpc) is 3.04. The minimum atomic E-state index is 0.289. The van der Waals surface area contributed by atoms with Crippen LogP contribution in [0.1, 0.15) is 5.56 Å². The summed E-state index contributed by atoms with van der Waals surface area (Å²) < 4.78 is 13.5. The van der Waals surface area contributed by atoms with Crippen molar-refractivity contribution in [2.45, 2.75) is 6.54 Å². The van der Waals surface area contributed by atoms with E-state index in [1.54, 1.807) is 12.4 Å². The van der Waals surface area contributed by atoms with Crippen LogP contribution in [0.25, 0.3) is 11.0 Å². The van der Waals surface area contributed by atoms with Gasteiger partial charge in [-0.05, 0) is 36.0 Å². The molecule has 5 nitrogen and oxygen atoms in total. The lowest BCUT2D eigenvalue weighted by Gasteiger charge is -2.06. The van der Waals surface area contributed by atoms with E-state index in [2.05, 4.69) is 9.97 Å². The van der Waals surface area contributed by atoms with Gasteiger partial charge in [-0.1, -0.05) is 6.07 Å². The average molecular weight is 285 g/mol. The van der Waals surface area contributed by atoms with Crippen molar-refractivity contribution in [3.8, 4) is 11.5 Å². The predicted molar refractivity (Wildman–Crippen MR) is 76.6 cm³/mol. The number of aromatic nitrogens is 3. The molecule has 0 bridgehead atoms. The Bertz CT molecular complexity index is 853. The first-order valence-electron chi connectivity index (χ1n) is 6.22. The van der Waals surface area contributed by atoms with Gasteiger partial charge in [0.1, 0.15) is 0 Å². The van der Waals surface area contributed by atoms with Gasteiger partial charge < -0.3 is 19.0 Å². The zero-order valence-corrected chi connectivity index (χ0v) is 11.3. The summed E-state index contributed by atoms with van der Waals surface area (Å²) in [6.45, 7) is 0.969. The van der Waals surface area contributed by atoms with E-state index in [4.69, 9.17) is 21.7 Å². The molecule has 2 aromatic heterocycles. The highest BCUT2D eigenvalue weighted by Gasteiger charge is 2.14. The van der Waals surface area contributed by atoms with Gasteiger partial charge >= 0.3 is 0 Å². The van der Waals surface area contributed by atoms with E-state index in [0.717, 1.165) is 28.1 Å². The van der Waals surface area contributed by atoms with Crippen molar-refractivity contribution in [3.63, 3.8) is 0 Å². The van der Waals surface area contributed by atoms with E-state index in [1.807, 2.05) is 28.8 Å². The monoisotopic (exact) mass is 285 g/mol. The van der Waals surface area contributed by atoms with E-state index >= 15 is 0 Å². The zero-order chi connectivity index (χ0) is 13.5. The van der Waals surface area contributed by atoms with Crippen LogP contribution in [0.4, 0.5) is 0 Å². The number of rotatable bonds is 2. The van der Waals surface area contributed by atoms with Crippen LogP contribution in [-0.4, -0.2) is 21.3 Å². The molecule has 1 aromatic carbocycles. The summed E-state index contributed by atoms with van der Waals surface area (Å²) in [4.78, 5) is 7.25. The molecule has 0 fully saturated rings. The van der Waals surface area contributed by atoms with Gasteiger partial charge in [-0.3, -0.25) is 4.98 Å². The number of hydrogen-bond acceptors (Lipinski definition) is 4. The lowest BCUT2D eigenvalue weighted by atomic mass is 10.2. The van der Waals surface area contributed by atoms with E-state index in [-0.39, 0.29) is 6.79 Å². The Labute approximate surface area is 119 Å². The Morgan fingerprint density at radius 1 is 1.25 bits per heavy atom. The van der Waals surface area contributed by atoms with Crippen LogP contribution in [0, 0.1) is 4.77 Å². The molecule has 1 aliphatic heterocycles. The van der Waals surface area contributed by atoms with E-state index < -0.39 is 0 Å². The molecule has 20 heavy (non-hydrogen) atoms. The molecule has 1 N–H and O–H groups in total. The third-order valence-electron chi connectivity index (χ3n) is 3.35. The van der Waals surface area contributed by atoms with Crippen LogP contribution < -0.4 is 9.47 Å². The maximum atomic E-state index is 5.40. The number of H-pyrrole nitrogens is 1. The molecule has 4 rings (SSSR count). The van der Waals surface area contributed by atoms with Crippen LogP contribution in [0.5, 0.6) is 11.5 Å². The molecule has 100 valence electrons. The second-order valence-corrected chi connectivity index (χ2v) is 4.98. The first kappa shape index (κ1) is 11.5. The van der Waals surface area contributed by atoms with Crippen LogP contribution in [0.15, 0.2) is 36.7 Å². The molecule has 0 aliphatic carbocycles. The molecule has 0 atom stereocenters. The SMILES string of the molecule is S=c1[nH]c2cnccc2n1Cc1ccc2c(c1)OCO2. The van der Waals surface area contributed by atoms with Crippen molar-refractivity contribution < 1.29 is 9.47 Å². The molecule has 0 saturated heterocycles. The van der Waals surface area contributed by atoms with E-state index in [0.29, 0.717) is 11.3 Å². The van der Waals surface area contributed by atoms with Crippen molar-refractivity contribution >= 4 is 23.3 Å². The summed E-state index contributed by atoms with van der Waals surface area (Å²) >= 11 is 5.38. The van der Waals surface area contributed by atoms with Gasteiger partial charge in [0.05, 0.1) is 23.8 Å². The first-order chi connectivity index (χ1) is 9.81. The van der Waals surface area contributed by atoms with Crippen molar-refractivity contribution in [1.29, 1.82) is 0 Å². The van der Waals surface area contributed by atoms with Gasteiger partial charge in [0.15, 0.2) is 16.3 Å². The topological polar surface area (TPSA) is 52.1 Å². The molecule has 1 aliphatic rings. The third-order valence-corrected chi connectivity index (χ3v) is 3.68. The number of nitrogens with one attached hydrogen (secondary N) is 1. The van der Waals surface area contributed by atoms with Crippen LogP contribution in [0.2, 0.25) is 0 Å². The molecule has 0 saturated carbocycles. The fraction of sp³-hybridized carbons (Fsp3) is 0.143. The van der Waals surface area contributed by atoms with E-state index in [1.165, 1.54) is 0 Å². The number of benzene rings is 1. The quantitative estimate of drug-likeness (QED) is 0.736. The Balaban J connectivity index is 1.78. The number of aromatic amines is 1. The number of pyridine rings is 1. The first-order valence-corrected chi connectivity index (χ1v) is 6.63. The summed E-state index contributed by atoms with van der Waals surface area (Å²) in [7, 11) is 0. The molecule has 0 spiro atoms. The molecule has 6 heteroatoms. The van der Waals surface area contributed by atoms with Gasteiger partial charge in [-0.25, -0.2) is 0 Å². The van der Waals surface area contributed by atoms with E-state index in [9.17, 15) is 0 Å². The lowest BCUT2D eigenvalue weighted by Crippen LogP contribution is -1.99. The Morgan fingerprint density at radius 3 is 3.10 bits per heavy atom. The molecule has 0 unspecified atom stereocenters. The van der Waals surface area contributed by atoms with Crippen molar-refractivity contribution in [1.82, 2.24) is 14.5 Å². The zero-order valence-electron chi connectivity index (χ0n) is 10.5. The minimum Gasteiger partial charge on any atom is -0.454 e. The summed E-state index contributed by atoms with van der Waals surface area (Å²) in [6.07, 6.45) is 3.54. The number of fused-ring (bicyclic) bond motifs is 2. The summed E-state index contributed by atoms with van der Waals surface area (Å²) in [5.74, 6) is 1.58. The maximum Gasteiger partial charge on any atom is 0.231 e. The number of ether oxygens (including phenoxy) is 2. The second-order valence-electron chi connectivity index (χ2n) is 4.60. The molecule has 3 aromatic rings. The maximum absolute atomic E-state index is 5.40. The predicted octanol–water partition coefficient (Wildman–Crippen LogP) is 2.87. The number of nitrogens with zero attached hydrogens (tertiary/aromatic N) is 2. The van der Waals surface area contributed by atoms with Gasteiger partial charge in [-0.2, -0.15) is 0 Å². The van der Waals surface area contributed by atoms with Crippen molar-refractivity contribution in [3.05, 3.63) is 47.0 Å². The summed E-state index contributed by atoms with van der Waals surface area (Å²) in [6, 6.07) is 7.89. The molecule has 0 amide bonds. The van der Waals surface area contributed by atoms with Gasteiger partial charge in [0.2, 0.25) is 6.79 Å². The van der Waals surface area contributed by atoms with Crippen LogP contribution in [0.3, 0.4) is 0 Å². The largest absolute Gasteiger partial charge is 0.454 e. The van der Waals surface area contributed by atoms with Crippen molar-refractivity contribution in [2.24, 2.45) is 0 Å². The van der Waals surface area contributed by atoms with Gasteiger partial charge in [0, 0.05) is 6.20 Å². The van der Waals surface area contributed by atoms with Crippen molar-refractivity contribution in [2.75, 3.05) is 6.79 Å². The Hall–Kier alpha value is -2.34. The smallest absolute Gasteiger partial charge is 0.231 e. The Kier molecular flexibility index (Phi) is 2.50. The fourth-order valence-electron chi connectivity index (χ4n) is 2.39. The highest BCUT2D eigenvalue weighted by molar-refractivity contribution is 7.71. The summed E-state index contributed by atoms with van der Waals surface area (Å²) in [5.41, 5.74) is 3.10. The number of hydrogen-bond donors (Lipinski definition) is 1. The second kappa shape index (κ2) is 4.35. The molecular formula is C14H11N3O2S. The summed E-state index contributed by atoms with van der Waals surface area (Å²) in [5, 5.41) is 0.